The Bertz CT molecular complexity index is 721. The number of hydrogen-bond donors (Lipinski definition) is 2. The normalized spacial score (nSPS) is 12.5. The summed E-state index contributed by atoms with van der Waals surface area (Å²) in [6, 6.07) is 12.4. The maximum atomic E-state index is 12.1. The Labute approximate surface area is 147 Å². The van der Waals surface area contributed by atoms with E-state index in [1.807, 2.05) is 30.4 Å². The number of ether oxygens (including phenoxy) is 1. The Kier molecular flexibility index (Phi) is 6.27. The Balaban J connectivity index is 1.84. The summed E-state index contributed by atoms with van der Waals surface area (Å²) >= 11 is 5.94. The van der Waals surface area contributed by atoms with Gasteiger partial charge in [-0.05, 0) is 43.3 Å². The van der Waals surface area contributed by atoms with Gasteiger partial charge in [0.1, 0.15) is 11.8 Å². The maximum Gasteiger partial charge on any atom is 0.573 e. The zero-order valence-electron chi connectivity index (χ0n) is 13.3. The first kappa shape index (κ1) is 19.1. The quantitative estimate of drug-likeness (QED) is 0.814. The molecule has 2 aromatic carbocycles. The van der Waals surface area contributed by atoms with Gasteiger partial charge in [0.15, 0.2) is 6.54 Å². The average Bonchev–Trinajstić information content (AvgIpc) is 2.53. The van der Waals surface area contributed by atoms with Gasteiger partial charge < -0.3 is 15.4 Å². The van der Waals surface area contributed by atoms with Crippen LogP contribution >= 0.6 is 11.6 Å². The predicted molar refractivity (Wildman–Crippen MR) is 88.4 cm³/mol. The number of alkyl halides is 3. The molecule has 0 aliphatic heterocycles. The third kappa shape index (κ3) is 6.64. The highest BCUT2D eigenvalue weighted by Gasteiger charge is 2.30. The number of nitrogens with one attached hydrogen (secondary N) is 1. The molecule has 25 heavy (non-hydrogen) atoms. The van der Waals surface area contributed by atoms with Crippen molar-refractivity contribution in [2.24, 2.45) is 0 Å². The Morgan fingerprint density at radius 2 is 1.92 bits per heavy atom. The minimum atomic E-state index is -4.74. The van der Waals surface area contributed by atoms with Crippen LogP contribution in [0, 0.1) is 0 Å². The lowest BCUT2D eigenvalue weighted by molar-refractivity contribution is -0.682. The van der Waals surface area contributed by atoms with Gasteiger partial charge in [0.25, 0.3) is 5.91 Å². The average molecular weight is 374 g/mol. The number of carbonyl (C=O) groups is 1. The molecule has 0 bridgehead atoms. The number of halogens is 4. The van der Waals surface area contributed by atoms with E-state index in [0.29, 0.717) is 10.7 Å². The standard InChI is InChI=1S/C17H16ClF3N2O2/c1-11(12-3-2-4-13(18)9-12)22-10-16(24)23-14-5-7-15(8-6-14)25-17(19,20)21/h2-9,11,22H,10H2,1H3,(H,23,24)/p+1/t11-/m1/s1. The lowest BCUT2D eigenvalue weighted by atomic mass is 10.1. The van der Waals surface area contributed by atoms with Crippen molar-refractivity contribution in [1.82, 2.24) is 0 Å². The summed E-state index contributed by atoms with van der Waals surface area (Å²) in [6.07, 6.45) is -4.74. The zero-order valence-corrected chi connectivity index (χ0v) is 14.1. The highest BCUT2D eigenvalue weighted by Crippen LogP contribution is 2.23. The lowest BCUT2D eigenvalue weighted by Crippen LogP contribution is -2.86. The van der Waals surface area contributed by atoms with Crippen molar-refractivity contribution in [1.29, 1.82) is 0 Å². The van der Waals surface area contributed by atoms with Crippen LogP contribution in [-0.4, -0.2) is 18.8 Å². The van der Waals surface area contributed by atoms with Gasteiger partial charge in [-0.2, -0.15) is 0 Å². The smallest absolute Gasteiger partial charge is 0.406 e. The van der Waals surface area contributed by atoms with Crippen molar-refractivity contribution >= 4 is 23.2 Å². The van der Waals surface area contributed by atoms with Crippen LogP contribution in [0.5, 0.6) is 5.75 Å². The molecule has 0 radical (unpaired) electrons. The van der Waals surface area contributed by atoms with Crippen molar-refractivity contribution in [3.63, 3.8) is 0 Å². The van der Waals surface area contributed by atoms with Crippen LogP contribution in [0.1, 0.15) is 18.5 Å². The van der Waals surface area contributed by atoms with Gasteiger partial charge in [-0.25, -0.2) is 0 Å². The molecule has 3 N–H and O–H groups in total. The fourth-order valence-electron chi connectivity index (χ4n) is 2.16. The predicted octanol–water partition coefficient (Wildman–Crippen LogP) is 3.50. The fraction of sp³-hybridized carbons (Fsp3) is 0.235. The van der Waals surface area contributed by atoms with E-state index in [9.17, 15) is 18.0 Å². The summed E-state index contributed by atoms with van der Waals surface area (Å²) in [4.78, 5) is 11.9. The van der Waals surface area contributed by atoms with E-state index in [-0.39, 0.29) is 24.2 Å². The number of quaternary nitrogens is 1. The zero-order chi connectivity index (χ0) is 18.4. The number of carbonyl (C=O) groups excluding carboxylic acids is 1. The highest BCUT2D eigenvalue weighted by molar-refractivity contribution is 6.30. The molecule has 1 amide bonds. The summed E-state index contributed by atoms with van der Waals surface area (Å²) in [5.41, 5.74) is 1.39. The Hall–Kier alpha value is -2.25. The highest BCUT2D eigenvalue weighted by atomic mass is 35.5. The molecule has 0 saturated heterocycles. The SMILES string of the molecule is C[C@@H]([NH2+]CC(=O)Nc1ccc(OC(F)(F)F)cc1)c1cccc(Cl)c1. The molecular formula is C17H17ClF3N2O2+. The van der Waals surface area contributed by atoms with Crippen molar-refractivity contribution in [3.05, 3.63) is 59.1 Å². The number of benzene rings is 2. The van der Waals surface area contributed by atoms with Crippen LogP contribution in [0.4, 0.5) is 18.9 Å². The summed E-state index contributed by atoms with van der Waals surface area (Å²) < 4.78 is 40.0. The molecule has 8 heteroatoms. The van der Waals surface area contributed by atoms with Crippen LogP contribution in [0.15, 0.2) is 48.5 Å². The van der Waals surface area contributed by atoms with Crippen molar-refractivity contribution < 1.29 is 28.0 Å². The van der Waals surface area contributed by atoms with Crippen LogP contribution in [-0.2, 0) is 4.79 Å². The Morgan fingerprint density at radius 3 is 2.52 bits per heavy atom. The van der Waals surface area contributed by atoms with E-state index >= 15 is 0 Å². The number of amides is 1. The van der Waals surface area contributed by atoms with Crippen molar-refractivity contribution in [2.45, 2.75) is 19.3 Å². The molecule has 0 aliphatic carbocycles. The van der Waals surface area contributed by atoms with Crippen LogP contribution in [0.3, 0.4) is 0 Å². The second-order valence-corrected chi connectivity index (χ2v) is 5.84. The molecule has 0 spiro atoms. The summed E-state index contributed by atoms with van der Waals surface area (Å²) in [6.45, 7) is 2.11. The fourth-order valence-corrected chi connectivity index (χ4v) is 2.36. The van der Waals surface area contributed by atoms with Gasteiger partial charge in [-0.1, -0.05) is 23.7 Å². The van der Waals surface area contributed by atoms with E-state index in [1.165, 1.54) is 12.1 Å². The second-order valence-electron chi connectivity index (χ2n) is 5.40. The van der Waals surface area contributed by atoms with Gasteiger partial charge in [-0.15, -0.1) is 13.2 Å². The van der Waals surface area contributed by atoms with Gasteiger partial charge >= 0.3 is 6.36 Å². The van der Waals surface area contributed by atoms with Crippen molar-refractivity contribution in [2.75, 3.05) is 11.9 Å². The molecule has 1 atom stereocenters. The van der Waals surface area contributed by atoms with Gasteiger partial charge in [0.2, 0.25) is 0 Å². The topological polar surface area (TPSA) is 54.9 Å². The largest absolute Gasteiger partial charge is 0.573 e. The molecule has 134 valence electrons. The lowest BCUT2D eigenvalue weighted by Gasteiger charge is -2.12. The van der Waals surface area contributed by atoms with E-state index in [0.717, 1.165) is 17.7 Å². The van der Waals surface area contributed by atoms with Gasteiger partial charge in [0, 0.05) is 16.3 Å². The molecule has 0 heterocycles. The summed E-state index contributed by atoms with van der Waals surface area (Å²) in [7, 11) is 0. The molecule has 4 nitrogen and oxygen atoms in total. The van der Waals surface area contributed by atoms with E-state index in [2.05, 4.69) is 10.1 Å². The third-order valence-corrected chi connectivity index (χ3v) is 3.64. The monoisotopic (exact) mass is 373 g/mol. The van der Waals surface area contributed by atoms with E-state index in [1.54, 1.807) is 6.07 Å². The Morgan fingerprint density at radius 1 is 1.24 bits per heavy atom. The number of nitrogens with two attached hydrogens (primary N) is 1. The molecular weight excluding hydrogens is 357 g/mol. The molecule has 2 aromatic rings. The molecule has 0 aromatic heterocycles. The number of hydrogen-bond acceptors (Lipinski definition) is 2. The van der Waals surface area contributed by atoms with Gasteiger partial charge in [-0.3, -0.25) is 4.79 Å². The second kappa shape index (κ2) is 8.22. The van der Waals surface area contributed by atoms with Crippen LogP contribution < -0.4 is 15.4 Å². The van der Waals surface area contributed by atoms with Crippen LogP contribution in [0.25, 0.3) is 0 Å². The van der Waals surface area contributed by atoms with E-state index < -0.39 is 6.36 Å². The van der Waals surface area contributed by atoms with Crippen molar-refractivity contribution in [3.8, 4) is 5.75 Å². The number of anilines is 1. The first-order chi connectivity index (χ1) is 11.7. The number of rotatable bonds is 6. The van der Waals surface area contributed by atoms with E-state index in [4.69, 9.17) is 11.6 Å². The first-order valence-corrected chi connectivity index (χ1v) is 7.85. The molecule has 0 saturated carbocycles. The van der Waals surface area contributed by atoms with Gasteiger partial charge in [0.05, 0.1) is 0 Å². The maximum absolute atomic E-state index is 12.1. The first-order valence-electron chi connectivity index (χ1n) is 7.47. The summed E-state index contributed by atoms with van der Waals surface area (Å²) in [5, 5.41) is 5.08. The minimum Gasteiger partial charge on any atom is -0.406 e. The van der Waals surface area contributed by atoms with Crippen LogP contribution in [0.2, 0.25) is 5.02 Å². The molecule has 2 rings (SSSR count). The third-order valence-electron chi connectivity index (χ3n) is 3.40. The minimum absolute atomic E-state index is 0.0343. The molecule has 0 aliphatic rings. The molecule has 0 unspecified atom stereocenters. The molecule has 0 fully saturated rings. The summed E-state index contributed by atoms with van der Waals surface area (Å²) in [5.74, 6) is -0.606.